The first-order valence-corrected chi connectivity index (χ1v) is 9.54. The molecular formula is C18H22Cl2N6O2. The van der Waals surface area contributed by atoms with Crippen molar-refractivity contribution in [1.82, 2.24) is 19.6 Å². The Kier molecular flexibility index (Phi) is 6.90. The van der Waals surface area contributed by atoms with Crippen molar-refractivity contribution >= 4 is 34.8 Å². The molecule has 10 heteroatoms. The molecule has 0 saturated carbocycles. The molecule has 0 aliphatic heterocycles. The molecule has 0 unspecified atom stereocenters. The van der Waals surface area contributed by atoms with Gasteiger partial charge in [-0.25, -0.2) is 9.97 Å². The number of hydrogen-bond donors (Lipinski definition) is 2. The molecule has 2 aromatic heterocycles. The molecular weight excluding hydrogens is 403 g/mol. The zero-order chi connectivity index (χ0) is 20.1. The lowest BCUT2D eigenvalue weighted by Crippen LogP contribution is -2.25. The number of nitrogens with zero attached hydrogens (tertiary/aromatic N) is 4. The zero-order valence-electron chi connectivity index (χ0n) is 15.4. The lowest BCUT2D eigenvalue weighted by Gasteiger charge is -2.15. The Morgan fingerprint density at radius 2 is 2.07 bits per heavy atom. The van der Waals surface area contributed by atoms with Gasteiger partial charge in [-0.3, -0.25) is 0 Å². The minimum Gasteiger partial charge on any atom is -0.493 e. The van der Waals surface area contributed by atoms with E-state index in [0.717, 1.165) is 24.0 Å². The number of aromatic nitrogens is 4. The van der Waals surface area contributed by atoms with Gasteiger partial charge in [0.05, 0.1) is 29.5 Å². The van der Waals surface area contributed by atoms with Gasteiger partial charge in [0.2, 0.25) is 5.95 Å². The monoisotopic (exact) mass is 424 g/mol. The molecule has 0 saturated heterocycles. The van der Waals surface area contributed by atoms with Gasteiger partial charge in [0.25, 0.3) is 0 Å². The molecule has 150 valence electrons. The Hall–Kier alpha value is -2.13. The average molecular weight is 425 g/mol. The van der Waals surface area contributed by atoms with Crippen LogP contribution in [0.25, 0.3) is 5.65 Å². The number of nitrogens with two attached hydrogens (primary N) is 2. The topological polar surface area (TPSA) is 114 Å². The molecule has 0 bridgehead atoms. The van der Waals surface area contributed by atoms with E-state index >= 15 is 0 Å². The summed E-state index contributed by atoms with van der Waals surface area (Å²) >= 11 is 12.7. The van der Waals surface area contributed by atoms with Crippen LogP contribution in [0.15, 0.2) is 24.7 Å². The number of fused-ring (bicyclic) bond motifs is 1. The maximum absolute atomic E-state index is 6.47. The number of anilines is 1. The van der Waals surface area contributed by atoms with Gasteiger partial charge in [0.1, 0.15) is 12.1 Å². The van der Waals surface area contributed by atoms with Crippen LogP contribution in [0.3, 0.4) is 0 Å². The molecule has 4 N–H and O–H groups in total. The van der Waals surface area contributed by atoms with Crippen LogP contribution >= 0.6 is 23.2 Å². The highest BCUT2D eigenvalue weighted by molar-refractivity contribution is 6.42. The van der Waals surface area contributed by atoms with Crippen molar-refractivity contribution in [1.29, 1.82) is 0 Å². The molecule has 8 nitrogen and oxygen atoms in total. The maximum Gasteiger partial charge on any atom is 0.224 e. The Labute approximate surface area is 172 Å². The highest BCUT2D eigenvalue weighted by Crippen LogP contribution is 2.35. The summed E-state index contributed by atoms with van der Waals surface area (Å²) in [5, 5.41) is 5.13. The van der Waals surface area contributed by atoms with Crippen molar-refractivity contribution in [3.63, 3.8) is 0 Å². The average Bonchev–Trinajstić information content (AvgIpc) is 3.08. The molecule has 0 aliphatic carbocycles. The summed E-state index contributed by atoms with van der Waals surface area (Å²) in [7, 11) is 1.64. The third-order valence-corrected chi connectivity index (χ3v) is 5.13. The Bertz CT molecular complexity index is 949. The van der Waals surface area contributed by atoms with Gasteiger partial charge in [-0.05, 0) is 25.0 Å². The first kappa shape index (κ1) is 20.6. The van der Waals surface area contributed by atoms with Gasteiger partial charge in [0.15, 0.2) is 5.65 Å². The number of nitrogen functional groups attached to an aromatic ring is 1. The van der Waals surface area contributed by atoms with E-state index in [2.05, 4.69) is 15.1 Å². The molecule has 0 amide bonds. The predicted molar refractivity (Wildman–Crippen MR) is 109 cm³/mol. The summed E-state index contributed by atoms with van der Waals surface area (Å²) in [6.07, 6.45) is 5.12. The highest BCUT2D eigenvalue weighted by Gasteiger charge is 2.17. The van der Waals surface area contributed by atoms with Gasteiger partial charge in [0, 0.05) is 30.7 Å². The van der Waals surface area contributed by atoms with Crippen molar-refractivity contribution < 1.29 is 9.47 Å². The van der Waals surface area contributed by atoms with E-state index in [1.807, 2.05) is 6.07 Å². The molecule has 3 rings (SSSR count). The number of halogens is 2. The second-order valence-corrected chi connectivity index (χ2v) is 7.14. The van der Waals surface area contributed by atoms with E-state index in [0.29, 0.717) is 41.1 Å². The van der Waals surface area contributed by atoms with E-state index in [1.54, 1.807) is 19.4 Å². The third kappa shape index (κ3) is 4.64. The zero-order valence-corrected chi connectivity index (χ0v) is 17.0. The number of methoxy groups -OCH3 is 1. The first-order valence-electron chi connectivity index (χ1n) is 8.78. The second kappa shape index (κ2) is 9.38. The first-order chi connectivity index (χ1) is 13.5. The summed E-state index contributed by atoms with van der Waals surface area (Å²) in [6, 6.07) is 3.52. The van der Waals surface area contributed by atoms with Gasteiger partial charge < -0.3 is 20.9 Å². The van der Waals surface area contributed by atoms with Crippen molar-refractivity contribution in [3.8, 4) is 5.75 Å². The molecule has 28 heavy (non-hydrogen) atoms. The number of ether oxygens (including phenoxy) is 2. The van der Waals surface area contributed by atoms with Crippen LogP contribution in [0.5, 0.6) is 5.75 Å². The molecule has 0 aliphatic rings. The van der Waals surface area contributed by atoms with Crippen LogP contribution in [0.4, 0.5) is 5.95 Å². The lowest BCUT2D eigenvalue weighted by atomic mass is 10.1. The van der Waals surface area contributed by atoms with E-state index in [-0.39, 0.29) is 12.0 Å². The van der Waals surface area contributed by atoms with Crippen LogP contribution < -0.4 is 16.2 Å². The Morgan fingerprint density at radius 3 is 2.86 bits per heavy atom. The van der Waals surface area contributed by atoms with Crippen LogP contribution in [-0.4, -0.2) is 45.9 Å². The minimum atomic E-state index is -0.00852. The highest BCUT2D eigenvalue weighted by atomic mass is 35.5. The Balaban J connectivity index is 1.78. The normalized spacial score (nSPS) is 12.4. The molecule has 1 atom stereocenters. The fourth-order valence-electron chi connectivity index (χ4n) is 2.89. The van der Waals surface area contributed by atoms with Gasteiger partial charge in [-0.2, -0.15) is 9.61 Å². The van der Waals surface area contributed by atoms with Crippen LogP contribution in [0.1, 0.15) is 24.0 Å². The van der Waals surface area contributed by atoms with E-state index < -0.39 is 0 Å². The van der Waals surface area contributed by atoms with Crippen LogP contribution in [0.2, 0.25) is 10.0 Å². The summed E-state index contributed by atoms with van der Waals surface area (Å²) in [5.74, 6) is 0.924. The largest absolute Gasteiger partial charge is 0.493 e. The molecule has 0 spiro atoms. The fourth-order valence-corrected chi connectivity index (χ4v) is 3.29. The Morgan fingerprint density at radius 1 is 1.25 bits per heavy atom. The predicted octanol–water partition coefficient (Wildman–Crippen LogP) is 2.74. The molecule has 1 aromatic carbocycles. The number of benzene rings is 1. The summed E-state index contributed by atoms with van der Waals surface area (Å²) < 4.78 is 12.5. The summed E-state index contributed by atoms with van der Waals surface area (Å²) in [6.45, 7) is 1.03. The van der Waals surface area contributed by atoms with Crippen molar-refractivity contribution in [2.24, 2.45) is 5.73 Å². The van der Waals surface area contributed by atoms with Crippen LogP contribution in [0, 0.1) is 0 Å². The van der Waals surface area contributed by atoms with Crippen molar-refractivity contribution in [2.75, 3.05) is 26.1 Å². The fraction of sp³-hybridized carbons (Fsp3) is 0.389. The van der Waals surface area contributed by atoms with E-state index in [4.69, 9.17) is 44.1 Å². The standard InChI is InChI=1S/C18H22Cl2N6O2/c1-27-9-12(21)3-2-6-28-15-5-4-14(19)16(20)13(15)7-11-8-25-26-17(11)23-10-24-18(26)22/h4-5,8,10,12H,2-3,6-7,9,21H2,1H3,(H2,22,23,24)/t12-/m1/s1. The van der Waals surface area contributed by atoms with E-state index in [9.17, 15) is 0 Å². The third-order valence-electron chi connectivity index (χ3n) is 4.28. The lowest BCUT2D eigenvalue weighted by molar-refractivity contribution is 0.172. The number of hydrogen-bond acceptors (Lipinski definition) is 7. The van der Waals surface area contributed by atoms with Crippen LogP contribution in [-0.2, 0) is 11.2 Å². The maximum atomic E-state index is 6.47. The summed E-state index contributed by atoms with van der Waals surface area (Å²) in [4.78, 5) is 8.19. The van der Waals surface area contributed by atoms with Gasteiger partial charge in [-0.1, -0.05) is 23.2 Å². The molecule has 3 aromatic rings. The minimum absolute atomic E-state index is 0.00852. The molecule has 2 heterocycles. The molecule has 0 radical (unpaired) electrons. The number of rotatable bonds is 9. The van der Waals surface area contributed by atoms with Gasteiger partial charge >= 0.3 is 0 Å². The van der Waals surface area contributed by atoms with E-state index in [1.165, 1.54) is 10.8 Å². The smallest absolute Gasteiger partial charge is 0.224 e. The molecule has 0 fully saturated rings. The summed E-state index contributed by atoms with van der Waals surface area (Å²) in [5.41, 5.74) is 14.0. The van der Waals surface area contributed by atoms with Gasteiger partial charge in [-0.15, -0.1) is 0 Å². The quantitative estimate of drug-likeness (QED) is 0.507. The second-order valence-electron chi connectivity index (χ2n) is 6.36. The van der Waals surface area contributed by atoms with Crippen molar-refractivity contribution in [3.05, 3.63) is 45.8 Å². The van der Waals surface area contributed by atoms with Crippen molar-refractivity contribution in [2.45, 2.75) is 25.3 Å². The SMILES string of the molecule is COC[C@H](N)CCCOc1ccc(Cl)c(Cl)c1Cc1cnn2c(N)ncnc12.